The third kappa shape index (κ3) is 26.6. The number of rotatable bonds is 40. The predicted molar refractivity (Wildman–Crippen MR) is 266 cm³/mol. The van der Waals surface area contributed by atoms with Crippen LogP contribution < -0.4 is 0 Å². The van der Waals surface area contributed by atoms with Gasteiger partial charge in [-0.3, -0.25) is 0 Å². The van der Waals surface area contributed by atoms with Crippen molar-refractivity contribution in [3.8, 4) is 0 Å². The molecule has 2 aliphatic rings. The molecule has 2 aliphatic heterocycles. The van der Waals surface area contributed by atoms with E-state index in [0.29, 0.717) is 6.61 Å². The molecule has 2 rings (SSSR count). The molecule has 0 radical (unpaired) electrons. The van der Waals surface area contributed by atoms with E-state index >= 15 is 0 Å². The van der Waals surface area contributed by atoms with Crippen LogP contribution in [0.3, 0.4) is 0 Å². The Hall–Kier alpha value is -0.0231. The second-order valence-corrected chi connectivity index (χ2v) is 27.0. The molecule has 0 aromatic heterocycles. The number of hydrogen-bond acceptors (Lipinski definition) is 6. The highest BCUT2D eigenvalue weighted by Crippen LogP contribution is 2.42. The minimum atomic E-state index is -2.16. The molecular formula is C54H109NO5Si. The Morgan fingerprint density at radius 2 is 0.852 bits per heavy atom. The summed E-state index contributed by atoms with van der Waals surface area (Å²) in [6, 6.07) is 0. The Kier molecular flexibility index (Phi) is 30.5. The van der Waals surface area contributed by atoms with Crippen molar-refractivity contribution in [3.63, 3.8) is 0 Å². The Morgan fingerprint density at radius 1 is 0.508 bits per heavy atom. The quantitative estimate of drug-likeness (QED) is 0.0451. The van der Waals surface area contributed by atoms with Crippen LogP contribution in [0.1, 0.15) is 268 Å². The SMILES string of the molecule is CCCCCCCCCCCCCCCCCCN(CCCCCCCCCCCCCCCCCC)C[C@@H]1OC(C)(C)O[C@H]1[C@@H](O[Si](C)(C)C(C)(C)C)[C@H]1COC(C)(C)O1. The fraction of sp³-hybridized carbons (Fsp3) is 1.00. The third-order valence-corrected chi connectivity index (χ3v) is 18.7. The zero-order valence-electron chi connectivity index (χ0n) is 43.3. The standard InChI is InChI=1S/C54H109NO5Si/c1-12-14-16-18-20-22-24-26-28-30-32-34-36-38-40-42-44-55(45-43-41-39-37-35-33-31-29-27-25-23-21-19-17-15-13-2)46-48-50(59-54(8,9)57-48)51(49-47-56-53(6,7)58-49)60-61(10,11)52(3,4)5/h48-51H,12-47H2,1-11H3/t48-,49+,50+,51-/m0/s1. The average Bonchev–Trinajstić information content (AvgIpc) is 3.71. The molecule has 0 N–H and O–H groups in total. The lowest BCUT2D eigenvalue weighted by Crippen LogP contribution is -2.55. The van der Waals surface area contributed by atoms with Crippen LogP contribution in [0.4, 0.5) is 0 Å². The molecule has 0 aromatic carbocycles. The topological polar surface area (TPSA) is 49.4 Å². The molecular weight excluding hydrogens is 771 g/mol. The molecule has 0 unspecified atom stereocenters. The first-order valence-corrected chi connectivity index (χ1v) is 30.1. The number of nitrogens with zero attached hydrogens (tertiary/aromatic N) is 1. The normalized spacial score (nSPS) is 21.0. The summed E-state index contributed by atoms with van der Waals surface area (Å²) in [4.78, 5) is 2.72. The summed E-state index contributed by atoms with van der Waals surface area (Å²) in [5.41, 5.74) is 0. The van der Waals surface area contributed by atoms with Gasteiger partial charge in [0.15, 0.2) is 19.9 Å². The smallest absolute Gasteiger partial charge is 0.192 e. The maximum absolute atomic E-state index is 7.27. The van der Waals surface area contributed by atoms with Crippen molar-refractivity contribution in [3.05, 3.63) is 0 Å². The van der Waals surface area contributed by atoms with E-state index in [1.54, 1.807) is 0 Å². The van der Waals surface area contributed by atoms with Gasteiger partial charge in [0.1, 0.15) is 24.4 Å². The Bertz CT molecular complexity index is 993. The van der Waals surface area contributed by atoms with Gasteiger partial charge < -0.3 is 28.3 Å². The van der Waals surface area contributed by atoms with Gasteiger partial charge in [0, 0.05) is 6.54 Å². The summed E-state index contributed by atoms with van der Waals surface area (Å²) >= 11 is 0. The van der Waals surface area contributed by atoms with Crippen LogP contribution in [0, 0.1) is 0 Å². The van der Waals surface area contributed by atoms with Crippen molar-refractivity contribution in [2.75, 3.05) is 26.2 Å². The van der Waals surface area contributed by atoms with Gasteiger partial charge in [-0.2, -0.15) is 0 Å². The van der Waals surface area contributed by atoms with Crippen LogP contribution in [0.2, 0.25) is 18.1 Å². The van der Waals surface area contributed by atoms with Gasteiger partial charge in [-0.05, 0) is 71.8 Å². The Morgan fingerprint density at radius 3 is 1.16 bits per heavy atom. The zero-order valence-corrected chi connectivity index (χ0v) is 44.3. The van der Waals surface area contributed by atoms with E-state index in [0.717, 1.165) is 19.6 Å². The first kappa shape index (κ1) is 57.1. The predicted octanol–water partition coefficient (Wildman–Crippen LogP) is 16.9. The van der Waals surface area contributed by atoms with Crippen molar-refractivity contribution in [2.24, 2.45) is 0 Å². The molecule has 0 saturated carbocycles. The van der Waals surface area contributed by atoms with E-state index < -0.39 is 19.9 Å². The van der Waals surface area contributed by atoms with E-state index in [1.807, 2.05) is 13.8 Å². The lowest BCUT2D eigenvalue weighted by Gasteiger charge is -2.43. The van der Waals surface area contributed by atoms with Crippen LogP contribution in [0.15, 0.2) is 0 Å². The van der Waals surface area contributed by atoms with Gasteiger partial charge in [-0.25, -0.2) is 0 Å². The molecule has 0 aliphatic carbocycles. The van der Waals surface area contributed by atoms with Gasteiger partial charge in [0.05, 0.1) is 6.61 Å². The van der Waals surface area contributed by atoms with Gasteiger partial charge in [0.2, 0.25) is 0 Å². The fourth-order valence-electron chi connectivity index (χ4n) is 9.35. The molecule has 364 valence electrons. The first-order chi connectivity index (χ1) is 29.1. The molecule has 0 bridgehead atoms. The maximum atomic E-state index is 7.27. The molecule has 0 spiro atoms. The molecule has 4 atom stereocenters. The van der Waals surface area contributed by atoms with Crippen molar-refractivity contribution in [1.82, 2.24) is 4.90 Å². The van der Waals surface area contributed by atoms with Crippen molar-refractivity contribution in [1.29, 1.82) is 0 Å². The second-order valence-electron chi connectivity index (χ2n) is 22.3. The van der Waals surface area contributed by atoms with Crippen LogP contribution in [-0.4, -0.2) is 75.4 Å². The molecule has 61 heavy (non-hydrogen) atoms. The maximum Gasteiger partial charge on any atom is 0.192 e. The lowest BCUT2D eigenvalue weighted by molar-refractivity contribution is -0.176. The Balaban J connectivity index is 1.87. The summed E-state index contributed by atoms with van der Waals surface area (Å²) in [7, 11) is -2.16. The number of ether oxygens (including phenoxy) is 4. The highest BCUT2D eigenvalue weighted by molar-refractivity contribution is 6.74. The van der Waals surface area contributed by atoms with E-state index in [4.69, 9.17) is 23.4 Å². The molecule has 2 fully saturated rings. The average molecular weight is 881 g/mol. The van der Waals surface area contributed by atoms with Gasteiger partial charge in [-0.1, -0.05) is 227 Å². The fourth-order valence-corrected chi connectivity index (χ4v) is 10.7. The highest BCUT2D eigenvalue weighted by Gasteiger charge is 2.53. The van der Waals surface area contributed by atoms with Crippen molar-refractivity contribution < 1.29 is 23.4 Å². The summed E-state index contributed by atoms with van der Waals surface area (Å²) in [6.45, 7) is 28.1. The lowest BCUT2D eigenvalue weighted by atomic mass is 10.0. The van der Waals surface area contributed by atoms with Crippen LogP contribution >= 0.6 is 0 Å². The summed E-state index contributed by atoms with van der Waals surface area (Å²) in [6.07, 6.45) is 44.2. The van der Waals surface area contributed by atoms with E-state index in [9.17, 15) is 0 Å². The molecule has 0 aromatic rings. The van der Waals surface area contributed by atoms with Gasteiger partial charge in [-0.15, -0.1) is 0 Å². The molecule has 0 amide bonds. The van der Waals surface area contributed by atoms with Crippen LogP contribution in [0.25, 0.3) is 0 Å². The van der Waals surface area contributed by atoms with Gasteiger partial charge in [0.25, 0.3) is 0 Å². The first-order valence-electron chi connectivity index (χ1n) is 27.2. The zero-order chi connectivity index (χ0) is 44.9. The van der Waals surface area contributed by atoms with Gasteiger partial charge >= 0.3 is 0 Å². The van der Waals surface area contributed by atoms with E-state index in [2.05, 4.69) is 66.5 Å². The van der Waals surface area contributed by atoms with Crippen molar-refractivity contribution >= 4 is 8.32 Å². The second kappa shape index (κ2) is 32.6. The molecule has 7 heteroatoms. The summed E-state index contributed by atoms with van der Waals surface area (Å²) in [5, 5.41) is 0.0667. The minimum Gasteiger partial charge on any atom is -0.408 e. The monoisotopic (exact) mass is 880 g/mol. The highest BCUT2D eigenvalue weighted by atomic mass is 28.4. The Labute approximate surface area is 383 Å². The number of unbranched alkanes of at least 4 members (excludes halogenated alkanes) is 30. The third-order valence-electron chi connectivity index (χ3n) is 14.3. The van der Waals surface area contributed by atoms with Crippen LogP contribution in [0.5, 0.6) is 0 Å². The van der Waals surface area contributed by atoms with Crippen LogP contribution in [-0.2, 0) is 23.4 Å². The molecule has 2 heterocycles. The number of hydrogen-bond donors (Lipinski definition) is 0. The molecule has 2 saturated heterocycles. The van der Waals surface area contributed by atoms with E-state index in [1.165, 1.54) is 205 Å². The van der Waals surface area contributed by atoms with E-state index in [-0.39, 0.29) is 29.5 Å². The summed E-state index contributed by atoms with van der Waals surface area (Å²) in [5.74, 6) is -1.30. The minimum absolute atomic E-state index is 0.0667. The van der Waals surface area contributed by atoms with Crippen molar-refractivity contribution in [2.45, 2.75) is 322 Å². The summed E-state index contributed by atoms with van der Waals surface area (Å²) < 4.78 is 33.6. The molecule has 6 nitrogen and oxygen atoms in total. The largest absolute Gasteiger partial charge is 0.408 e.